The van der Waals surface area contributed by atoms with Crippen LogP contribution in [-0.4, -0.2) is 47.8 Å². The number of nitrogens with zero attached hydrogens (tertiary/aromatic N) is 2. The van der Waals surface area contributed by atoms with Gasteiger partial charge in [-0.05, 0) is 5.56 Å². The fourth-order valence-corrected chi connectivity index (χ4v) is 2.51. The number of carbonyl (C=O) groups excluding carboxylic acids is 2. The molecule has 0 bridgehead atoms. The lowest BCUT2D eigenvalue weighted by atomic mass is 10.1. The van der Waals surface area contributed by atoms with Crippen LogP contribution in [0.4, 0.5) is 0 Å². The number of hydrogen-bond donors (Lipinski definition) is 1. The zero-order valence-corrected chi connectivity index (χ0v) is 13.9. The standard InChI is InChI=1S/C16H23N3O2.ClH/c1-12(2)15(20)18-8-10-19(11-9-18)16(21)14(17)13-6-4-3-5-7-13;/h3-7,12,14H,8-11,17H2,1-2H3;1H. The number of benzene rings is 1. The Morgan fingerprint density at radius 1 is 0.955 bits per heavy atom. The van der Waals surface area contributed by atoms with Gasteiger partial charge in [-0.25, -0.2) is 0 Å². The van der Waals surface area contributed by atoms with Crippen molar-refractivity contribution in [2.75, 3.05) is 26.2 Å². The second-order valence-corrected chi connectivity index (χ2v) is 5.69. The maximum atomic E-state index is 12.4. The smallest absolute Gasteiger partial charge is 0.244 e. The number of piperazine rings is 1. The zero-order chi connectivity index (χ0) is 15.4. The number of carbonyl (C=O) groups is 2. The molecule has 22 heavy (non-hydrogen) atoms. The summed E-state index contributed by atoms with van der Waals surface area (Å²) in [5.74, 6) is 0.0751. The molecule has 0 aliphatic carbocycles. The van der Waals surface area contributed by atoms with Gasteiger partial charge in [0.15, 0.2) is 0 Å². The third kappa shape index (κ3) is 4.21. The highest BCUT2D eigenvalue weighted by atomic mass is 35.5. The number of halogens is 1. The van der Waals surface area contributed by atoms with Crippen molar-refractivity contribution >= 4 is 24.2 Å². The average molecular weight is 326 g/mol. The molecule has 0 aromatic heterocycles. The van der Waals surface area contributed by atoms with Crippen molar-refractivity contribution < 1.29 is 9.59 Å². The second-order valence-electron chi connectivity index (χ2n) is 5.69. The Kier molecular flexibility index (Phi) is 6.84. The first-order valence-electron chi connectivity index (χ1n) is 7.39. The summed E-state index contributed by atoms with van der Waals surface area (Å²) in [6.07, 6.45) is 0. The molecule has 2 rings (SSSR count). The van der Waals surface area contributed by atoms with Gasteiger partial charge in [0.2, 0.25) is 11.8 Å². The molecule has 0 saturated carbocycles. The molecule has 1 atom stereocenters. The first-order valence-corrected chi connectivity index (χ1v) is 7.39. The molecule has 1 aliphatic rings. The first kappa shape index (κ1) is 18.5. The van der Waals surface area contributed by atoms with Crippen LogP contribution >= 0.6 is 12.4 Å². The van der Waals surface area contributed by atoms with E-state index in [2.05, 4.69) is 0 Å². The molecule has 122 valence electrons. The second kappa shape index (κ2) is 8.15. The molecule has 1 aromatic carbocycles. The van der Waals surface area contributed by atoms with Gasteiger partial charge in [0.25, 0.3) is 0 Å². The highest BCUT2D eigenvalue weighted by Gasteiger charge is 2.28. The van der Waals surface area contributed by atoms with E-state index in [1.54, 1.807) is 4.90 Å². The Morgan fingerprint density at radius 3 is 1.86 bits per heavy atom. The van der Waals surface area contributed by atoms with Crippen LogP contribution in [0.25, 0.3) is 0 Å². The molecule has 2 amide bonds. The van der Waals surface area contributed by atoms with Crippen LogP contribution in [0.15, 0.2) is 30.3 Å². The predicted molar refractivity (Wildman–Crippen MR) is 88.6 cm³/mol. The fraction of sp³-hybridized carbons (Fsp3) is 0.500. The molecule has 1 aromatic rings. The lowest BCUT2D eigenvalue weighted by molar-refractivity contribution is -0.142. The van der Waals surface area contributed by atoms with Gasteiger partial charge in [0.05, 0.1) is 0 Å². The van der Waals surface area contributed by atoms with Crippen LogP contribution in [0.1, 0.15) is 25.5 Å². The predicted octanol–water partition coefficient (Wildman–Crippen LogP) is 1.43. The Labute approximate surface area is 137 Å². The minimum absolute atomic E-state index is 0. The first-order chi connectivity index (χ1) is 10.0. The van der Waals surface area contributed by atoms with Crippen molar-refractivity contribution in [1.82, 2.24) is 9.80 Å². The highest BCUT2D eigenvalue weighted by molar-refractivity contribution is 5.85. The van der Waals surface area contributed by atoms with Gasteiger partial charge >= 0.3 is 0 Å². The number of nitrogens with two attached hydrogens (primary N) is 1. The van der Waals surface area contributed by atoms with E-state index in [9.17, 15) is 9.59 Å². The molecular formula is C16H24ClN3O2. The molecule has 2 N–H and O–H groups in total. The Hall–Kier alpha value is -1.59. The summed E-state index contributed by atoms with van der Waals surface area (Å²) in [7, 11) is 0. The minimum Gasteiger partial charge on any atom is -0.339 e. The minimum atomic E-state index is -0.626. The third-order valence-corrected chi connectivity index (χ3v) is 3.82. The summed E-state index contributed by atoms with van der Waals surface area (Å²) in [6, 6.07) is 8.75. The molecule has 0 spiro atoms. The molecule has 1 saturated heterocycles. The molecule has 0 radical (unpaired) electrons. The van der Waals surface area contributed by atoms with E-state index >= 15 is 0 Å². The van der Waals surface area contributed by atoms with Crippen LogP contribution < -0.4 is 5.73 Å². The van der Waals surface area contributed by atoms with E-state index in [-0.39, 0.29) is 30.1 Å². The van der Waals surface area contributed by atoms with Crippen LogP contribution in [0, 0.1) is 5.92 Å². The van der Waals surface area contributed by atoms with E-state index in [1.165, 1.54) is 0 Å². The normalized spacial score (nSPS) is 16.2. The summed E-state index contributed by atoms with van der Waals surface area (Å²) in [4.78, 5) is 27.9. The van der Waals surface area contributed by atoms with Crippen molar-refractivity contribution in [1.29, 1.82) is 0 Å². The summed E-state index contributed by atoms with van der Waals surface area (Å²) in [5.41, 5.74) is 6.86. The zero-order valence-electron chi connectivity index (χ0n) is 13.1. The Balaban J connectivity index is 0.00000242. The summed E-state index contributed by atoms with van der Waals surface area (Å²) >= 11 is 0. The topological polar surface area (TPSA) is 66.6 Å². The Morgan fingerprint density at radius 2 is 1.41 bits per heavy atom. The molecule has 1 unspecified atom stereocenters. The van der Waals surface area contributed by atoms with Crippen molar-refractivity contribution in [3.05, 3.63) is 35.9 Å². The van der Waals surface area contributed by atoms with E-state index in [0.717, 1.165) is 5.56 Å². The van der Waals surface area contributed by atoms with Gasteiger partial charge in [-0.3, -0.25) is 9.59 Å². The van der Waals surface area contributed by atoms with Gasteiger partial charge in [0.1, 0.15) is 6.04 Å². The monoisotopic (exact) mass is 325 g/mol. The van der Waals surface area contributed by atoms with Crippen molar-refractivity contribution in [2.45, 2.75) is 19.9 Å². The van der Waals surface area contributed by atoms with Crippen molar-refractivity contribution in [3.63, 3.8) is 0 Å². The van der Waals surface area contributed by atoms with Gasteiger partial charge in [0, 0.05) is 32.1 Å². The lowest BCUT2D eigenvalue weighted by Crippen LogP contribution is -2.53. The number of amides is 2. The van der Waals surface area contributed by atoms with Gasteiger partial charge in [-0.1, -0.05) is 44.2 Å². The van der Waals surface area contributed by atoms with Gasteiger partial charge in [-0.15, -0.1) is 12.4 Å². The number of rotatable bonds is 3. The summed E-state index contributed by atoms with van der Waals surface area (Å²) in [5, 5.41) is 0. The Bertz CT molecular complexity index is 499. The van der Waals surface area contributed by atoms with Crippen LogP contribution in [-0.2, 0) is 9.59 Å². The highest BCUT2D eigenvalue weighted by Crippen LogP contribution is 2.15. The summed E-state index contributed by atoms with van der Waals surface area (Å²) in [6.45, 7) is 6.07. The van der Waals surface area contributed by atoms with Crippen molar-refractivity contribution in [3.8, 4) is 0 Å². The van der Waals surface area contributed by atoms with Crippen molar-refractivity contribution in [2.24, 2.45) is 11.7 Å². The largest absolute Gasteiger partial charge is 0.339 e. The van der Waals surface area contributed by atoms with E-state index < -0.39 is 6.04 Å². The molecule has 6 heteroatoms. The number of hydrogen-bond acceptors (Lipinski definition) is 3. The molecule has 1 aliphatic heterocycles. The van der Waals surface area contributed by atoms with Gasteiger partial charge in [-0.2, -0.15) is 0 Å². The molecule has 5 nitrogen and oxygen atoms in total. The van der Waals surface area contributed by atoms with E-state index in [0.29, 0.717) is 26.2 Å². The SMILES string of the molecule is CC(C)C(=O)N1CCN(C(=O)C(N)c2ccccc2)CC1.Cl. The van der Waals surface area contributed by atoms with Gasteiger partial charge < -0.3 is 15.5 Å². The summed E-state index contributed by atoms with van der Waals surface area (Å²) < 4.78 is 0. The quantitative estimate of drug-likeness (QED) is 0.914. The third-order valence-electron chi connectivity index (χ3n) is 3.82. The van der Waals surface area contributed by atoms with E-state index in [1.807, 2.05) is 49.1 Å². The lowest BCUT2D eigenvalue weighted by Gasteiger charge is -2.36. The van der Waals surface area contributed by atoms with E-state index in [4.69, 9.17) is 5.73 Å². The fourth-order valence-electron chi connectivity index (χ4n) is 2.51. The van der Waals surface area contributed by atoms with Crippen LogP contribution in [0.2, 0.25) is 0 Å². The molecule has 1 fully saturated rings. The average Bonchev–Trinajstić information content (AvgIpc) is 2.53. The maximum Gasteiger partial charge on any atom is 0.244 e. The van der Waals surface area contributed by atoms with Crippen LogP contribution in [0.3, 0.4) is 0 Å². The van der Waals surface area contributed by atoms with Crippen LogP contribution in [0.5, 0.6) is 0 Å². The maximum absolute atomic E-state index is 12.4. The molecule has 1 heterocycles. The molecular weight excluding hydrogens is 302 g/mol.